The molecule has 0 aliphatic rings. The van der Waals surface area contributed by atoms with E-state index in [1.54, 1.807) is 0 Å². The van der Waals surface area contributed by atoms with Crippen molar-refractivity contribution in [3.05, 3.63) is 0 Å². The quantitative estimate of drug-likeness (QED) is 0.391. The number of carbonyl (C=O) groups is 1. The molecule has 4 heteroatoms. The summed E-state index contributed by atoms with van der Waals surface area (Å²) in [6.07, 6.45) is 0.765. The average molecular weight is 166 g/mol. The van der Waals surface area contributed by atoms with Gasteiger partial charge in [0.1, 0.15) is 5.25 Å². The van der Waals surface area contributed by atoms with Crippen LogP contribution in [0.1, 0.15) is 13.3 Å². The Labute approximate surface area is 64.2 Å². The smallest absolute Gasteiger partial charge is 0.319 e. The Morgan fingerprint density at radius 1 is 1.89 bits per heavy atom. The van der Waals surface area contributed by atoms with E-state index < -0.39 is 0 Å². The highest BCUT2D eigenvalue weighted by atomic mass is 33.1. The van der Waals surface area contributed by atoms with Gasteiger partial charge in [-0.15, -0.1) is 11.7 Å². The lowest BCUT2D eigenvalue weighted by atomic mass is 10.3. The minimum absolute atomic E-state index is 0.113. The zero-order valence-corrected chi connectivity index (χ0v) is 7.17. The van der Waals surface area contributed by atoms with E-state index in [4.69, 9.17) is 0 Å². The fourth-order valence-corrected chi connectivity index (χ4v) is 1.45. The van der Waals surface area contributed by atoms with E-state index in [0.29, 0.717) is 0 Å². The Morgan fingerprint density at radius 3 is 2.56 bits per heavy atom. The van der Waals surface area contributed by atoms with Gasteiger partial charge in [0.2, 0.25) is 0 Å². The first-order valence-corrected chi connectivity index (χ1v) is 4.57. The van der Waals surface area contributed by atoms with Crippen molar-refractivity contribution < 1.29 is 9.53 Å². The maximum Gasteiger partial charge on any atom is 0.319 e. The van der Waals surface area contributed by atoms with Gasteiger partial charge in [0, 0.05) is 0 Å². The molecule has 0 amide bonds. The number of esters is 1. The summed E-state index contributed by atoms with van der Waals surface area (Å²) in [6.45, 7) is 1.92. The fraction of sp³-hybridized carbons (Fsp3) is 0.800. The van der Waals surface area contributed by atoms with Crippen LogP contribution in [0.5, 0.6) is 0 Å². The predicted octanol–water partition coefficient (Wildman–Crippen LogP) is 1.52. The van der Waals surface area contributed by atoms with Crippen LogP contribution in [0.4, 0.5) is 0 Å². The second-order valence-electron chi connectivity index (χ2n) is 1.53. The molecule has 0 aromatic carbocycles. The Balaban J connectivity index is 3.64. The molecule has 1 unspecified atom stereocenters. The maximum atomic E-state index is 10.7. The van der Waals surface area contributed by atoms with E-state index in [-0.39, 0.29) is 11.2 Å². The van der Waals surface area contributed by atoms with E-state index in [2.05, 4.69) is 16.4 Å². The van der Waals surface area contributed by atoms with Gasteiger partial charge < -0.3 is 4.74 Å². The third-order valence-electron chi connectivity index (χ3n) is 0.962. The van der Waals surface area contributed by atoms with Gasteiger partial charge >= 0.3 is 5.97 Å². The summed E-state index contributed by atoms with van der Waals surface area (Å²) < 4.78 is 4.49. The molecule has 0 fully saturated rings. The monoisotopic (exact) mass is 166 g/mol. The molecule has 9 heavy (non-hydrogen) atoms. The Morgan fingerprint density at radius 2 is 2.44 bits per heavy atom. The summed E-state index contributed by atoms with van der Waals surface area (Å²) in [5.74, 6) is -0.197. The molecule has 1 atom stereocenters. The summed E-state index contributed by atoms with van der Waals surface area (Å²) >= 11 is 3.90. The second-order valence-corrected chi connectivity index (χ2v) is 2.94. The molecule has 0 N–H and O–H groups in total. The Bertz CT molecular complexity index is 91.0. The topological polar surface area (TPSA) is 26.3 Å². The van der Waals surface area contributed by atoms with Crippen LogP contribution in [-0.2, 0) is 9.53 Å². The Hall–Kier alpha value is 0.170. The molecule has 0 aliphatic carbocycles. The van der Waals surface area contributed by atoms with Crippen molar-refractivity contribution in [2.24, 2.45) is 0 Å². The highest BCUT2D eigenvalue weighted by Gasteiger charge is 2.14. The zero-order valence-electron chi connectivity index (χ0n) is 5.46. The van der Waals surface area contributed by atoms with E-state index in [0.717, 1.165) is 6.42 Å². The van der Waals surface area contributed by atoms with Crippen LogP contribution in [-0.4, -0.2) is 18.3 Å². The number of methoxy groups -OCH3 is 1. The third kappa shape index (κ3) is 3.01. The van der Waals surface area contributed by atoms with Gasteiger partial charge in [0.15, 0.2) is 0 Å². The fourth-order valence-electron chi connectivity index (χ4n) is 0.416. The van der Waals surface area contributed by atoms with E-state index in [9.17, 15) is 4.79 Å². The standard InChI is InChI=1S/C5H10O2S2/c1-3-4(9-8)5(6)7-2/h4,8H,3H2,1-2H3. The van der Waals surface area contributed by atoms with Crippen LogP contribution in [0.15, 0.2) is 0 Å². The van der Waals surface area contributed by atoms with Crippen LogP contribution in [0, 0.1) is 0 Å². The zero-order chi connectivity index (χ0) is 7.28. The van der Waals surface area contributed by atoms with E-state index >= 15 is 0 Å². The van der Waals surface area contributed by atoms with Gasteiger partial charge in [-0.2, -0.15) is 0 Å². The molecule has 0 aromatic rings. The lowest BCUT2D eigenvalue weighted by molar-refractivity contribution is -0.139. The summed E-state index contributed by atoms with van der Waals surface area (Å²) in [7, 11) is 2.61. The summed E-state index contributed by atoms with van der Waals surface area (Å²) in [4.78, 5) is 10.7. The molecule has 0 saturated carbocycles. The van der Waals surface area contributed by atoms with E-state index in [1.807, 2.05) is 6.92 Å². The van der Waals surface area contributed by atoms with Crippen LogP contribution >= 0.6 is 22.5 Å². The van der Waals surface area contributed by atoms with Crippen molar-refractivity contribution in [3.8, 4) is 0 Å². The lowest BCUT2D eigenvalue weighted by Crippen LogP contribution is -2.16. The van der Waals surface area contributed by atoms with Gasteiger partial charge in [0.05, 0.1) is 7.11 Å². The first-order valence-electron chi connectivity index (χ1n) is 2.64. The van der Waals surface area contributed by atoms with Crippen molar-refractivity contribution in [3.63, 3.8) is 0 Å². The number of hydrogen-bond acceptors (Lipinski definition) is 4. The third-order valence-corrected chi connectivity index (χ3v) is 2.51. The highest BCUT2D eigenvalue weighted by Crippen LogP contribution is 2.18. The molecule has 0 rings (SSSR count). The first-order chi connectivity index (χ1) is 4.26. The molecular weight excluding hydrogens is 156 g/mol. The molecule has 0 radical (unpaired) electrons. The molecule has 0 saturated heterocycles. The number of hydrogen-bond donors (Lipinski definition) is 1. The van der Waals surface area contributed by atoms with Crippen molar-refractivity contribution in [2.45, 2.75) is 18.6 Å². The number of carbonyl (C=O) groups excluding carboxylic acids is 1. The van der Waals surface area contributed by atoms with Gasteiger partial charge in [-0.25, -0.2) is 0 Å². The second kappa shape index (κ2) is 4.99. The number of thiol groups is 1. The minimum Gasteiger partial charge on any atom is -0.468 e. The maximum absolute atomic E-state index is 10.7. The lowest BCUT2D eigenvalue weighted by Gasteiger charge is -2.06. The summed E-state index contributed by atoms with van der Waals surface area (Å²) in [5, 5.41) is -0.113. The van der Waals surface area contributed by atoms with E-state index in [1.165, 1.54) is 17.9 Å². The summed E-state index contributed by atoms with van der Waals surface area (Å²) in [6, 6.07) is 0. The minimum atomic E-state index is -0.197. The van der Waals surface area contributed by atoms with Crippen molar-refractivity contribution in [1.29, 1.82) is 0 Å². The molecule has 0 aliphatic heterocycles. The van der Waals surface area contributed by atoms with Gasteiger partial charge in [-0.05, 0) is 6.42 Å². The number of ether oxygens (including phenoxy) is 1. The summed E-state index contributed by atoms with van der Waals surface area (Å²) in [5.41, 5.74) is 0. The average Bonchev–Trinajstić information content (AvgIpc) is 1.90. The molecule has 0 bridgehead atoms. The van der Waals surface area contributed by atoms with Crippen molar-refractivity contribution in [1.82, 2.24) is 0 Å². The number of rotatable bonds is 3. The van der Waals surface area contributed by atoms with Gasteiger partial charge in [-0.3, -0.25) is 4.79 Å². The molecule has 0 aromatic heterocycles. The molecule has 2 nitrogen and oxygen atoms in total. The molecule has 54 valence electrons. The molecule has 0 heterocycles. The normalized spacial score (nSPS) is 12.8. The first kappa shape index (κ1) is 9.17. The van der Waals surface area contributed by atoms with Gasteiger partial charge in [-0.1, -0.05) is 17.7 Å². The predicted molar refractivity (Wildman–Crippen MR) is 42.7 cm³/mol. The Kier molecular flexibility index (Phi) is 5.09. The highest BCUT2D eigenvalue weighted by molar-refractivity contribution is 8.69. The largest absolute Gasteiger partial charge is 0.468 e. The van der Waals surface area contributed by atoms with Crippen LogP contribution in [0.3, 0.4) is 0 Å². The molecule has 0 spiro atoms. The van der Waals surface area contributed by atoms with Crippen LogP contribution in [0.2, 0.25) is 0 Å². The van der Waals surface area contributed by atoms with Crippen LogP contribution in [0.25, 0.3) is 0 Å². The van der Waals surface area contributed by atoms with Crippen molar-refractivity contribution >= 4 is 28.4 Å². The molecular formula is C5H10O2S2. The SMILES string of the molecule is CCC(SS)C(=O)OC. The van der Waals surface area contributed by atoms with Gasteiger partial charge in [0.25, 0.3) is 0 Å². The van der Waals surface area contributed by atoms with Crippen molar-refractivity contribution in [2.75, 3.05) is 7.11 Å². The van der Waals surface area contributed by atoms with Crippen LogP contribution < -0.4 is 0 Å².